The van der Waals surface area contributed by atoms with Crippen molar-refractivity contribution in [1.82, 2.24) is 4.90 Å². The van der Waals surface area contributed by atoms with Gasteiger partial charge < -0.3 is 10.6 Å². The molecule has 0 aliphatic carbocycles. The van der Waals surface area contributed by atoms with E-state index in [9.17, 15) is 9.59 Å². The average molecular weight is 278 g/mol. The van der Waals surface area contributed by atoms with Crippen LogP contribution in [0, 0.1) is 5.92 Å². The molecule has 5 heteroatoms. The third kappa shape index (κ3) is 3.29. The number of rotatable bonds is 4. The fourth-order valence-corrected chi connectivity index (χ4v) is 2.95. The van der Waals surface area contributed by atoms with Gasteiger partial charge in [-0.05, 0) is 24.3 Å². The predicted octanol–water partition coefficient (Wildman–Crippen LogP) is 1.63. The van der Waals surface area contributed by atoms with Gasteiger partial charge in [0.15, 0.2) is 0 Å². The van der Waals surface area contributed by atoms with E-state index in [1.807, 2.05) is 30.5 Å². The first kappa shape index (κ1) is 13.9. The highest BCUT2D eigenvalue weighted by Gasteiger charge is 2.29. The Morgan fingerprint density at radius 2 is 2.21 bits per heavy atom. The number of amides is 2. The Labute approximate surface area is 117 Å². The molecule has 1 atom stereocenters. The first-order valence-corrected chi connectivity index (χ1v) is 7.53. The molecule has 1 fully saturated rings. The van der Waals surface area contributed by atoms with Crippen LogP contribution >= 0.6 is 11.8 Å². The van der Waals surface area contributed by atoms with Gasteiger partial charge in [-0.2, -0.15) is 0 Å². The van der Waals surface area contributed by atoms with Crippen molar-refractivity contribution < 1.29 is 9.59 Å². The highest BCUT2D eigenvalue weighted by Crippen LogP contribution is 2.24. The van der Waals surface area contributed by atoms with Crippen molar-refractivity contribution in [3.8, 4) is 0 Å². The lowest BCUT2D eigenvalue weighted by atomic mass is 9.96. The summed E-state index contributed by atoms with van der Waals surface area (Å²) in [5.74, 6) is -0.414. The molecule has 1 heterocycles. The maximum Gasteiger partial charge on any atom is 0.222 e. The molecule has 1 aromatic rings. The summed E-state index contributed by atoms with van der Waals surface area (Å²) in [4.78, 5) is 26.1. The van der Waals surface area contributed by atoms with Gasteiger partial charge >= 0.3 is 0 Å². The third-order valence-corrected chi connectivity index (χ3v) is 4.29. The van der Waals surface area contributed by atoms with Crippen LogP contribution in [0.2, 0.25) is 0 Å². The van der Waals surface area contributed by atoms with Gasteiger partial charge in [0.25, 0.3) is 0 Å². The molecule has 4 nitrogen and oxygen atoms in total. The fourth-order valence-electron chi connectivity index (χ4n) is 2.34. The summed E-state index contributed by atoms with van der Waals surface area (Å²) in [6.45, 7) is 0.997. The van der Waals surface area contributed by atoms with Gasteiger partial charge in [0.2, 0.25) is 11.8 Å². The minimum Gasteiger partial charge on any atom is -0.369 e. The van der Waals surface area contributed by atoms with Crippen LogP contribution in [0.3, 0.4) is 0 Å². The molecule has 0 unspecified atom stereocenters. The summed E-state index contributed by atoms with van der Waals surface area (Å²) in [6.07, 6.45) is 3.01. The number of thioether (sulfide) groups is 1. The molecule has 1 aromatic carbocycles. The highest BCUT2D eigenvalue weighted by atomic mass is 32.2. The van der Waals surface area contributed by atoms with Gasteiger partial charge in [0.1, 0.15) is 0 Å². The number of benzene rings is 1. The van der Waals surface area contributed by atoms with E-state index in [0.717, 1.165) is 10.5 Å². The van der Waals surface area contributed by atoms with Crippen LogP contribution in [0.25, 0.3) is 0 Å². The monoisotopic (exact) mass is 278 g/mol. The lowest BCUT2D eigenvalue weighted by Crippen LogP contribution is -2.43. The van der Waals surface area contributed by atoms with E-state index >= 15 is 0 Å². The molecular weight excluding hydrogens is 260 g/mol. The summed E-state index contributed by atoms with van der Waals surface area (Å²) in [5, 5.41) is 0. The van der Waals surface area contributed by atoms with Crippen LogP contribution in [-0.4, -0.2) is 29.5 Å². The van der Waals surface area contributed by atoms with Gasteiger partial charge in [0, 0.05) is 24.4 Å². The average Bonchev–Trinajstić information content (AvgIpc) is 2.41. The van der Waals surface area contributed by atoms with Crippen LogP contribution in [0.15, 0.2) is 29.2 Å². The molecule has 0 spiro atoms. The van der Waals surface area contributed by atoms with Crippen molar-refractivity contribution in [1.29, 1.82) is 0 Å². The van der Waals surface area contributed by atoms with Crippen molar-refractivity contribution in [3.63, 3.8) is 0 Å². The second-order valence-electron chi connectivity index (χ2n) is 4.72. The van der Waals surface area contributed by atoms with Crippen molar-refractivity contribution in [2.24, 2.45) is 11.7 Å². The van der Waals surface area contributed by atoms with Gasteiger partial charge in [-0.1, -0.05) is 18.2 Å². The van der Waals surface area contributed by atoms with Crippen LogP contribution in [-0.2, 0) is 16.1 Å². The normalized spacial score (nSPS) is 19.5. The number of piperidine rings is 1. The maximum atomic E-state index is 11.9. The zero-order valence-corrected chi connectivity index (χ0v) is 11.8. The molecule has 1 aliphatic heterocycles. The molecule has 1 saturated heterocycles. The van der Waals surface area contributed by atoms with E-state index in [-0.39, 0.29) is 17.7 Å². The van der Waals surface area contributed by atoms with Gasteiger partial charge in [-0.3, -0.25) is 9.59 Å². The number of hydrogen-bond donors (Lipinski definition) is 1. The number of nitrogens with zero attached hydrogens (tertiary/aromatic N) is 1. The topological polar surface area (TPSA) is 63.4 Å². The molecule has 0 aromatic heterocycles. The second kappa shape index (κ2) is 6.10. The fraction of sp³-hybridized carbons (Fsp3) is 0.429. The third-order valence-electron chi connectivity index (χ3n) is 3.46. The van der Waals surface area contributed by atoms with Crippen LogP contribution in [0.1, 0.15) is 18.4 Å². The number of nitrogens with two attached hydrogens (primary N) is 1. The molecular formula is C14H18N2O2S. The van der Waals surface area contributed by atoms with E-state index in [1.54, 1.807) is 16.7 Å². The molecule has 19 heavy (non-hydrogen) atoms. The van der Waals surface area contributed by atoms with Crippen molar-refractivity contribution in [2.45, 2.75) is 24.3 Å². The Morgan fingerprint density at radius 1 is 1.47 bits per heavy atom. The zero-order valence-electron chi connectivity index (χ0n) is 11.0. The Balaban J connectivity index is 2.12. The van der Waals surface area contributed by atoms with Gasteiger partial charge in [0.05, 0.1) is 5.92 Å². The number of carbonyl (C=O) groups is 2. The van der Waals surface area contributed by atoms with Crippen LogP contribution in [0.4, 0.5) is 0 Å². The Morgan fingerprint density at radius 3 is 2.89 bits per heavy atom. The first-order valence-electron chi connectivity index (χ1n) is 6.30. The quantitative estimate of drug-likeness (QED) is 0.851. The van der Waals surface area contributed by atoms with E-state index in [4.69, 9.17) is 5.73 Å². The first-order chi connectivity index (χ1) is 9.11. The summed E-state index contributed by atoms with van der Waals surface area (Å²) in [6, 6.07) is 8.02. The highest BCUT2D eigenvalue weighted by molar-refractivity contribution is 7.98. The molecule has 0 bridgehead atoms. The molecule has 1 aliphatic rings. The smallest absolute Gasteiger partial charge is 0.222 e. The second-order valence-corrected chi connectivity index (χ2v) is 5.57. The minimum atomic E-state index is -0.310. The van der Waals surface area contributed by atoms with Crippen LogP contribution in [0.5, 0.6) is 0 Å². The Hall–Kier alpha value is -1.49. The number of primary amides is 1. The predicted molar refractivity (Wildman–Crippen MR) is 75.6 cm³/mol. The van der Waals surface area contributed by atoms with Crippen molar-refractivity contribution in [3.05, 3.63) is 29.8 Å². The standard InChI is InChI=1S/C14H18N2O2S/c1-19-12-5-3-2-4-10(12)8-16-9-11(14(15)18)6-7-13(16)17/h2-5,11H,6-9H2,1H3,(H2,15,18)/t11-/m1/s1. The number of carbonyl (C=O) groups excluding carboxylic acids is 2. The number of hydrogen-bond acceptors (Lipinski definition) is 3. The van der Waals surface area contributed by atoms with Gasteiger partial charge in [-0.15, -0.1) is 11.8 Å². The van der Waals surface area contributed by atoms with E-state index in [0.29, 0.717) is 25.9 Å². The summed E-state index contributed by atoms with van der Waals surface area (Å²) < 4.78 is 0. The molecule has 0 radical (unpaired) electrons. The Kier molecular flexibility index (Phi) is 4.47. The summed E-state index contributed by atoms with van der Waals surface area (Å²) in [5.41, 5.74) is 6.46. The summed E-state index contributed by atoms with van der Waals surface area (Å²) in [7, 11) is 0. The lowest BCUT2D eigenvalue weighted by molar-refractivity contribution is -0.138. The molecule has 0 saturated carbocycles. The van der Waals surface area contributed by atoms with Gasteiger partial charge in [-0.25, -0.2) is 0 Å². The zero-order chi connectivity index (χ0) is 13.8. The van der Waals surface area contributed by atoms with Crippen LogP contribution < -0.4 is 5.73 Å². The minimum absolute atomic E-state index is 0.105. The molecule has 2 N–H and O–H groups in total. The molecule has 2 rings (SSSR count). The van der Waals surface area contributed by atoms with E-state index in [1.165, 1.54) is 0 Å². The number of likely N-dealkylation sites (tertiary alicyclic amines) is 1. The Bertz CT molecular complexity index is 490. The largest absolute Gasteiger partial charge is 0.369 e. The van der Waals surface area contributed by atoms with E-state index in [2.05, 4.69) is 0 Å². The molecule has 2 amide bonds. The van der Waals surface area contributed by atoms with Crippen molar-refractivity contribution in [2.75, 3.05) is 12.8 Å². The van der Waals surface area contributed by atoms with E-state index < -0.39 is 0 Å². The SMILES string of the molecule is CSc1ccccc1CN1C[C@H](C(N)=O)CCC1=O. The molecule has 102 valence electrons. The summed E-state index contributed by atoms with van der Waals surface area (Å²) >= 11 is 1.66. The lowest BCUT2D eigenvalue weighted by Gasteiger charge is -2.31. The van der Waals surface area contributed by atoms with Crippen molar-refractivity contribution >= 4 is 23.6 Å². The maximum absolute atomic E-state index is 11.9.